The Morgan fingerprint density at radius 3 is 2.68 bits per heavy atom. The van der Waals surface area contributed by atoms with Crippen molar-refractivity contribution in [2.45, 2.75) is 39.0 Å². The fourth-order valence-corrected chi connectivity index (χ4v) is 3.98. The molecule has 2 aromatic rings. The van der Waals surface area contributed by atoms with Gasteiger partial charge in [-0.1, -0.05) is 24.3 Å². The van der Waals surface area contributed by atoms with E-state index in [1.54, 1.807) is 19.2 Å². The average molecular weight is 429 g/mol. The van der Waals surface area contributed by atoms with Crippen LogP contribution in [0.4, 0.5) is 4.39 Å². The minimum absolute atomic E-state index is 0.175. The highest BCUT2D eigenvalue weighted by atomic mass is 19.1. The first-order chi connectivity index (χ1) is 15.2. The molecule has 3 N–H and O–H groups in total. The lowest BCUT2D eigenvalue weighted by molar-refractivity contribution is 0.239. The van der Waals surface area contributed by atoms with Gasteiger partial charge in [-0.25, -0.2) is 9.38 Å². The van der Waals surface area contributed by atoms with Gasteiger partial charge in [0.2, 0.25) is 0 Å². The summed E-state index contributed by atoms with van der Waals surface area (Å²) in [4.78, 5) is 7.15. The topological polar surface area (TPSA) is 69.1 Å². The smallest absolute Gasteiger partial charge is 0.191 e. The number of hydrogen-bond donors (Lipinski definition) is 3. The zero-order valence-electron chi connectivity index (χ0n) is 18.4. The zero-order valence-corrected chi connectivity index (χ0v) is 18.4. The molecule has 0 aliphatic carbocycles. The number of rotatable bonds is 9. The van der Waals surface area contributed by atoms with Gasteiger partial charge in [0.25, 0.3) is 0 Å². The molecule has 1 aliphatic heterocycles. The van der Waals surface area contributed by atoms with Crippen LogP contribution in [0.1, 0.15) is 42.5 Å². The summed E-state index contributed by atoms with van der Waals surface area (Å²) in [5.41, 5.74) is 2.31. The first-order valence-corrected chi connectivity index (χ1v) is 10.9. The van der Waals surface area contributed by atoms with Crippen molar-refractivity contribution in [3.63, 3.8) is 0 Å². The quantitative estimate of drug-likeness (QED) is 0.423. The molecule has 0 spiro atoms. The molecule has 168 valence electrons. The van der Waals surface area contributed by atoms with Crippen molar-refractivity contribution in [1.29, 1.82) is 0 Å². The summed E-state index contributed by atoms with van der Waals surface area (Å²) in [6.07, 6.45) is 2.41. The lowest BCUT2D eigenvalue weighted by Crippen LogP contribution is -2.42. The fourth-order valence-electron chi connectivity index (χ4n) is 3.98. The van der Waals surface area contributed by atoms with E-state index in [-0.39, 0.29) is 18.2 Å². The zero-order chi connectivity index (χ0) is 22.1. The van der Waals surface area contributed by atoms with Gasteiger partial charge in [0.1, 0.15) is 11.6 Å². The van der Waals surface area contributed by atoms with E-state index in [1.807, 2.05) is 25.1 Å². The summed E-state index contributed by atoms with van der Waals surface area (Å²) in [6.45, 7) is 5.66. The van der Waals surface area contributed by atoms with Crippen LogP contribution in [-0.2, 0) is 13.2 Å². The van der Waals surface area contributed by atoms with Crippen LogP contribution >= 0.6 is 0 Å². The number of aliphatic hydroxyl groups excluding tert-OH is 1. The second kappa shape index (κ2) is 11.7. The molecule has 1 heterocycles. The van der Waals surface area contributed by atoms with Crippen molar-refractivity contribution in [2.24, 2.45) is 4.99 Å². The summed E-state index contributed by atoms with van der Waals surface area (Å²) >= 11 is 0. The van der Waals surface area contributed by atoms with Gasteiger partial charge < -0.3 is 20.5 Å². The van der Waals surface area contributed by atoms with Gasteiger partial charge in [-0.3, -0.25) is 4.90 Å². The number of nitrogens with one attached hydrogen (secondary N) is 2. The predicted octanol–water partition coefficient (Wildman–Crippen LogP) is 3.22. The Morgan fingerprint density at radius 2 is 1.97 bits per heavy atom. The molecule has 1 aliphatic rings. The molecule has 6 nitrogen and oxygen atoms in total. The second-order valence-electron chi connectivity index (χ2n) is 7.66. The van der Waals surface area contributed by atoms with Crippen molar-refractivity contribution < 1.29 is 14.2 Å². The number of aliphatic hydroxyl groups is 1. The molecule has 0 bridgehead atoms. The molecule has 0 saturated carbocycles. The van der Waals surface area contributed by atoms with E-state index in [4.69, 9.17) is 4.74 Å². The Kier molecular flexibility index (Phi) is 8.67. The monoisotopic (exact) mass is 428 g/mol. The van der Waals surface area contributed by atoms with Crippen LogP contribution in [-0.4, -0.2) is 49.3 Å². The maximum Gasteiger partial charge on any atom is 0.191 e. The first-order valence-electron chi connectivity index (χ1n) is 10.9. The molecular formula is C24H33FN4O2. The summed E-state index contributed by atoms with van der Waals surface area (Å²) in [6, 6.07) is 13.1. The van der Waals surface area contributed by atoms with Crippen molar-refractivity contribution in [3.05, 3.63) is 65.0 Å². The third-order valence-corrected chi connectivity index (χ3v) is 5.59. The fraction of sp³-hybridized carbons (Fsp3) is 0.458. The number of halogens is 1. The molecule has 1 unspecified atom stereocenters. The predicted molar refractivity (Wildman–Crippen MR) is 122 cm³/mol. The summed E-state index contributed by atoms with van der Waals surface area (Å²) < 4.78 is 19.3. The average Bonchev–Trinajstić information content (AvgIpc) is 3.33. The maximum absolute atomic E-state index is 13.6. The Morgan fingerprint density at radius 1 is 1.19 bits per heavy atom. The third kappa shape index (κ3) is 6.18. The normalized spacial score (nSPS) is 15.7. The maximum atomic E-state index is 13.6. The van der Waals surface area contributed by atoms with Crippen LogP contribution in [0.15, 0.2) is 47.5 Å². The Hall–Kier alpha value is -2.64. The third-order valence-electron chi connectivity index (χ3n) is 5.59. The van der Waals surface area contributed by atoms with Crippen LogP contribution in [0.25, 0.3) is 0 Å². The molecule has 0 amide bonds. The minimum atomic E-state index is -0.398. The molecule has 7 heteroatoms. The van der Waals surface area contributed by atoms with Crippen LogP contribution < -0.4 is 15.4 Å². The highest BCUT2D eigenvalue weighted by Gasteiger charge is 2.26. The van der Waals surface area contributed by atoms with E-state index in [0.29, 0.717) is 19.0 Å². The van der Waals surface area contributed by atoms with E-state index in [1.165, 1.54) is 24.5 Å². The number of hydrogen-bond acceptors (Lipinski definition) is 4. The molecule has 31 heavy (non-hydrogen) atoms. The van der Waals surface area contributed by atoms with Gasteiger partial charge in [0, 0.05) is 24.2 Å². The first kappa shape index (κ1) is 23.0. The molecule has 1 fully saturated rings. The number of methoxy groups -OCH3 is 1. The van der Waals surface area contributed by atoms with Crippen LogP contribution in [0.5, 0.6) is 5.75 Å². The van der Waals surface area contributed by atoms with Crippen molar-refractivity contribution in [2.75, 3.05) is 33.3 Å². The Bertz CT molecular complexity index is 868. The number of ether oxygens (including phenoxy) is 1. The largest absolute Gasteiger partial charge is 0.496 e. The standard InChI is InChI=1S/C24H33FN4O2/c1-3-26-24(27-15-18-10-11-21(25)19(14-18)17-30)28-16-22(29-12-6-7-13-29)20-8-4-5-9-23(20)31-2/h4-5,8-11,14,22,30H,3,6-7,12-13,15-17H2,1-2H3,(H2,26,27,28). The van der Waals surface area contributed by atoms with Gasteiger partial charge >= 0.3 is 0 Å². The van der Waals surface area contributed by atoms with E-state index in [0.717, 1.165) is 30.9 Å². The number of benzene rings is 2. The molecule has 1 saturated heterocycles. The minimum Gasteiger partial charge on any atom is -0.496 e. The lowest BCUT2D eigenvalue weighted by atomic mass is 10.0. The molecule has 0 radical (unpaired) electrons. The molecule has 2 aromatic carbocycles. The van der Waals surface area contributed by atoms with E-state index in [2.05, 4.69) is 26.6 Å². The Balaban J connectivity index is 1.74. The number of nitrogens with zero attached hydrogens (tertiary/aromatic N) is 2. The van der Waals surface area contributed by atoms with Gasteiger partial charge in [-0.2, -0.15) is 0 Å². The number of para-hydroxylation sites is 1. The van der Waals surface area contributed by atoms with Gasteiger partial charge in [0.15, 0.2) is 5.96 Å². The van der Waals surface area contributed by atoms with Crippen LogP contribution in [0.2, 0.25) is 0 Å². The summed E-state index contributed by atoms with van der Waals surface area (Å²) in [7, 11) is 1.71. The van der Waals surface area contributed by atoms with E-state index < -0.39 is 5.82 Å². The molecule has 1 atom stereocenters. The van der Waals surface area contributed by atoms with Crippen molar-refractivity contribution >= 4 is 5.96 Å². The molecule has 0 aromatic heterocycles. The van der Waals surface area contributed by atoms with E-state index >= 15 is 0 Å². The summed E-state index contributed by atoms with van der Waals surface area (Å²) in [5, 5.41) is 16.0. The highest BCUT2D eigenvalue weighted by molar-refractivity contribution is 5.79. The van der Waals surface area contributed by atoms with Crippen molar-refractivity contribution in [1.82, 2.24) is 15.5 Å². The van der Waals surface area contributed by atoms with Crippen LogP contribution in [0, 0.1) is 5.82 Å². The van der Waals surface area contributed by atoms with E-state index in [9.17, 15) is 9.50 Å². The number of guanidine groups is 1. The lowest BCUT2D eigenvalue weighted by Gasteiger charge is -2.30. The SMILES string of the molecule is CCNC(=NCc1ccc(F)c(CO)c1)NCC(c1ccccc1OC)N1CCCC1. The summed E-state index contributed by atoms with van der Waals surface area (Å²) in [5.74, 6) is 1.20. The van der Waals surface area contributed by atoms with Crippen LogP contribution in [0.3, 0.4) is 0 Å². The second-order valence-corrected chi connectivity index (χ2v) is 7.66. The molecular weight excluding hydrogens is 395 g/mol. The van der Waals surface area contributed by atoms with Crippen molar-refractivity contribution in [3.8, 4) is 5.75 Å². The molecule has 3 rings (SSSR count). The van der Waals surface area contributed by atoms with Gasteiger partial charge in [0.05, 0.1) is 26.3 Å². The van der Waals surface area contributed by atoms with Gasteiger partial charge in [-0.15, -0.1) is 0 Å². The highest BCUT2D eigenvalue weighted by Crippen LogP contribution is 2.31. The Labute approximate surface area is 184 Å². The number of likely N-dealkylation sites (tertiary alicyclic amines) is 1. The van der Waals surface area contributed by atoms with Gasteiger partial charge in [-0.05, 0) is 56.6 Å². The number of aliphatic imine (C=N–C) groups is 1.